The molecule has 0 bridgehead atoms. The van der Waals surface area contributed by atoms with E-state index in [1.165, 1.54) is 12.1 Å². The molecule has 0 aliphatic heterocycles. The Morgan fingerprint density at radius 3 is 2.35 bits per heavy atom. The summed E-state index contributed by atoms with van der Waals surface area (Å²) in [7, 11) is 0. The van der Waals surface area contributed by atoms with Gasteiger partial charge in [-0.25, -0.2) is 4.79 Å². The van der Waals surface area contributed by atoms with Gasteiger partial charge >= 0.3 is 12.1 Å². The van der Waals surface area contributed by atoms with Gasteiger partial charge in [0.2, 0.25) is 5.91 Å². The lowest BCUT2D eigenvalue weighted by Gasteiger charge is -2.12. The molecule has 0 spiro atoms. The number of amides is 1. The fourth-order valence-electron chi connectivity index (χ4n) is 1.33. The second-order valence-electron chi connectivity index (χ2n) is 3.78. The predicted molar refractivity (Wildman–Crippen MR) is 72.7 cm³/mol. The van der Waals surface area contributed by atoms with E-state index in [4.69, 9.17) is 5.11 Å². The van der Waals surface area contributed by atoms with Crippen LogP contribution in [0, 0.1) is 0 Å². The highest BCUT2D eigenvalue weighted by Crippen LogP contribution is 2.31. The lowest BCUT2D eigenvalue weighted by molar-refractivity contribution is -0.142. The van der Waals surface area contributed by atoms with Crippen molar-refractivity contribution in [3.63, 3.8) is 0 Å². The van der Waals surface area contributed by atoms with Crippen molar-refractivity contribution < 1.29 is 27.9 Å². The van der Waals surface area contributed by atoms with Crippen LogP contribution in [-0.2, 0) is 4.79 Å². The topological polar surface area (TPSA) is 66.4 Å². The lowest BCUT2D eigenvalue weighted by Crippen LogP contribution is -2.18. The van der Waals surface area contributed by atoms with Crippen molar-refractivity contribution >= 4 is 49.4 Å². The molecule has 0 heterocycles. The maximum atomic E-state index is 12.0. The van der Waals surface area contributed by atoms with Crippen molar-refractivity contribution in [2.45, 2.75) is 19.0 Å². The van der Waals surface area contributed by atoms with Gasteiger partial charge in [-0.1, -0.05) is 15.9 Å². The van der Waals surface area contributed by atoms with E-state index in [1.54, 1.807) is 0 Å². The molecule has 0 unspecified atom stereocenters. The Labute approximate surface area is 128 Å². The number of nitrogens with one attached hydrogen (secondary N) is 1. The smallest absolute Gasteiger partial charge is 0.389 e. The van der Waals surface area contributed by atoms with Crippen LogP contribution in [0.4, 0.5) is 18.9 Å². The zero-order valence-corrected chi connectivity index (χ0v) is 12.9. The fraction of sp³-hybridized carbons (Fsp3) is 0.273. The van der Waals surface area contributed by atoms with E-state index in [2.05, 4.69) is 37.2 Å². The summed E-state index contributed by atoms with van der Waals surface area (Å²) in [5.41, 5.74) is -0.306. The summed E-state index contributed by atoms with van der Waals surface area (Å²) in [6, 6.07) is 2.72. The van der Waals surface area contributed by atoms with Crippen molar-refractivity contribution in [3.8, 4) is 0 Å². The minimum absolute atomic E-state index is 0.0760. The normalized spacial score (nSPS) is 11.2. The Hall–Kier alpha value is -1.09. The van der Waals surface area contributed by atoms with E-state index >= 15 is 0 Å². The molecule has 0 radical (unpaired) electrons. The van der Waals surface area contributed by atoms with Crippen LogP contribution in [-0.4, -0.2) is 23.2 Å². The van der Waals surface area contributed by atoms with Gasteiger partial charge in [-0.15, -0.1) is 0 Å². The van der Waals surface area contributed by atoms with E-state index in [-0.39, 0.29) is 15.7 Å². The number of hydrogen-bond acceptors (Lipinski definition) is 2. The summed E-state index contributed by atoms with van der Waals surface area (Å²) < 4.78 is 36.7. The largest absolute Gasteiger partial charge is 0.478 e. The molecule has 0 aliphatic rings. The highest BCUT2D eigenvalue weighted by molar-refractivity contribution is 9.11. The lowest BCUT2D eigenvalue weighted by atomic mass is 10.1. The van der Waals surface area contributed by atoms with Gasteiger partial charge in [0, 0.05) is 15.4 Å². The molecule has 0 atom stereocenters. The summed E-state index contributed by atoms with van der Waals surface area (Å²) in [6.45, 7) is 0. The monoisotopic (exact) mass is 417 g/mol. The fourth-order valence-corrected chi connectivity index (χ4v) is 2.65. The van der Waals surface area contributed by atoms with Gasteiger partial charge in [0.15, 0.2) is 0 Å². The zero-order chi connectivity index (χ0) is 15.5. The number of carboxylic acids is 1. The summed E-state index contributed by atoms with van der Waals surface area (Å²) in [6.07, 6.45) is -6.48. The summed E-state index contributed by atoms with van der Waals surface area (Å²) in [4.78, 5) is 22.5. The van der Waals surface area contributed by atoms with E-state index < -0.39 is 30.9 Å². The maximum Gasteiger partial charge on any atom is 0.389 e. The van der Waals surface area contributed by atoms with Crippen LogP contribution in [0.5, 0.6) is 0 Å². The molecule has 4 nitrogen and oxygen atoms in total. The first-order valence-corrected chi connectivity index (χ1v) is 6.77. The molecule has 0 saturated carbocycles. The van der Waals surface area contributed by atoms with Crippen LogP contribution in [0.15, 0.2) is 21.1 Å². The molecule has 0 saturated heterocycles. The number of halogens is 5. The van der Waals surface area contributed by atoms with E-state index in [9.17, 15) is 22.8 Å². The Morgan fingerprint density at radius 2 is 1.85 bits per heavy atom. The third kappa shape index (κ3) is 5.12. The molecule has 20 heavy (non-hydrogen) atoms. The standard InChI is InChI=1S/C11H8Br2F3NO3/c12-5-3-6(10(19)20)9(7(13)4-5)17-8(18)1-2-11(14,15)16/h3-4H,1-2H2,(H,17,18)(H,19,20). The Bertz CT molecular complexity index is 546. The molecule has 9 heteroatoms. The van der Waals surface area contributed by atoms with Gasteiger partial charge in [0.05, 0.1) is 17.7 Å². The van der Waals surface area contributed by atoms with Crippen molar-refractivity contribution in [1.29, 1.82) is 0 Å². The minimum atomic E-state index is -4.44. The summed E-state index contributed by atoms with van der Waals surface area (Å²) in [5, 5.41) is 11.2. The quantitative estimate of drug-likeness (QED) is 0.770. The van der Waals surface area contributed by atoms with Crippen LogP contribution in [0.2, 0.25) is 0 Å². The summed E-state index contributed by atoms with van der Waals surface area (Å²) >= 11 is 6.14. The average Bonchev–Trinajstić information content (AvgIpc) is 2.28. The molecule has 0 aliphatic carbocycles. The van der Waals surface area contributed by atoms with E-state index in [1.807, 2.05) is 0 Å². The SMILES string of the molecule is O=C(CCC(F)(F)F)Nc1c(Br)cc(Br)cc1C(=O)O. The second-order valence-corrected chi connectivity index (χ2v) is 5.55. The molecule has 1 aromatic carbocycles. The third-order valence-corrected chi connectivity index (χ3v) is 3.27. The van der Waals surface area contributed by atoms with Gasteiger partial charge in [-0.05, 0) is 28.1 Å². The molecular formula is C11H8Br2F3NO3. The van der Waals surface area contributed by atoms with Crippen molar-refractivity contribution in [1.82, 2.24) is 0 Å². The average molecular weight is 419 g/mol. The van der Waals surface area contributed by atoms with Gasteiger partial charge in [-0.2, -0.15) is 13.2 Å². The van der Waals surface area contributed by atoms with Crippen LogP contribution < -0.4 is 5.32 Å². The molecule has 1 amide bonds. The van der Waals surface area contributed by atoms with Crippen LogP contribution >= 0.6 is 31.9 Å². The first-order chi connectivity index (χ1) is 9.10. The number of benzene rings is 1. The number of anilines is 1. The molecule has 1 aromatic rings. The molecule has 110 valence electrons. The molecular weight excluding hydrogens is 411 g/mol. The van der Waals surface area contributed by atoms with E-state index in [0.29, 0.717) is 4.47 Å². The van der Waals surface area contributed by atoms with Crippen LogP contribution in [0.25, 0.3) is 0 Å². The van der Waals surface area contributed by atoms with Gasteiger partial charge in [0.1, 0.15) is 0 Å². The highest BCUT2D eigenvalue weighted by atomic mass is 79.9. The van der Waals surface area contributed by atoms with Crippen molar-refractivity contribution in [2.75, 3.05) is 5.32 Å². The number of alkyl halides is 3. The van der Waals surface area contributed by atoms with Crippen LogP contribution in [0.3, 0.4) is 0 Å². The number of carbonyl (C=O) groups is 2. The number of aromatic carboxylic acids is 1. The maximum absolute atomic E-state index is 12.0. The van der Waals surface area contributed by atoms with Crippen molar-refractivity contribution in [2.24, 2.45) is 0 Å². The summed E-state index contributed by atoms with van der Waals surface area (Å²) in [5.74, 6) is -2.22. The second kappa shape index (κ2) is 6.57. The van der Waals surface area contributed by atoms with Gasteiger partial charge in [-0.3, -0.25) is 4.79 Å². The number of carboxylic acid groups (broad SMARTS) is 1. The third-order valence-electron chi connectivity index (χ3n) is 2.19. The zero-order valence-electron chi connectivity index (χ0n) is 9.72. The molecule has 2 N–H and O–H groups in total. The Morgan fingerprint density at radius 1 is 1.25 bits per heavy atom. The Kier molecular flexibility index (Phi) is 5.58. The van der Waals surface area contributed by atoms with Gasteiger partial charge in [0.25, 0.3) is 0 Å². The Balaban J connectivity index is 2.92. The molecule has 1 rings (SSSR count). The van der Waals surface area contributed by atoms with Crippen LogP contribution in [0.1, 0.15) is 23.2 Å². The molecule has 0 fully saturated rings. The minimum Gasteiger partial charge on any atom is -0.478 e. The number of hydrogen-bond donors (Lipinski definition) is 2. The van der Waals surface area contributed by atoms with E-state index in [0.717, 1.165) is 0 Å². The van der Waals surface area contributed by atoms with Crippen molar-refractivity contribution in [3.05, 3.63) is 26.6 Å². The highest BCUT2D eigenvalue weighted by Gasteiger charge is 2.28. The predicted octanol–water partition coefficient (Wildman–Crippen LogP) is 4.19. The number of rotatable bonds is 4. The number of carbonyl (C=O) groups excluding carboxylic acids is 1. The first-order valence-electron chi connectivity index (χ1n) is 5.19. The first kappa shape index (κ1) is 17.0. The molecule has 0 aromatic heterocycles. The van der Waals surface area contributed by atoms with Gasteiger partial charge < -0.3 is 10.4 Å².